The van der Waals surface area contributed by atoms with Crippen LogP contribution < -0.4 is 5.32 Å². The maximum absolute atomic E-state index is 11.3. The molecule has 0 saturated heterocycles. The first kappa shape index (κ1) is 14.6. The summed E-state index contributed by atoms with van der Waals surface area (Å²) in [6, 6.07) is 10.4. The molecule has 0 atom stereocenters. The summed E-state index contributed by atoms with van der Waals surface area (Å²) in [4.78, 5) is 14.6. The molecule has 2 aromatic rings. The summed E-state index contributed by atoms with van der Waals surface area (Å²) in [6.07, 6.45) is 0. The zero-order chi connectivity index (χ0) is 14.7. The number of aryl methyl sites for hydroxylation is 1. The average Bonchev–Trinajstić information content (AvgIpc) is 2.42. The van der Waals surface area contributed by atoms with E-state index in [0.29, 0.717) is 15.7 Å². The van der Waals surface area contributed by atoms with Crippen molar-refractivity contribution in [3.05, 3.63) is 52.0 Å². The van der Waals surface area contributed by atoms with E-state index in [1.165, 1.54) is 0 Å². The number of halogens is 2. The van der Waals surface area contributed by atoms with Crippen LogP contribution in [0.4, 0.5) is 10.5 Å². The highest BCUT2D eigenvalue weighted by Gasteiger charge is 2.10. The largest absolute Gasteiger partial charge is 0.344 e. The molecule has 0 bridgehead atoms. The highest BCUT2D eigenvalue weighted by atomic mass is 35.5. The molecule has 0 unspecified atom stereocenters. The van der Waals surface area contributed by atoms with Gasteiger partial charge in [-0.25, -0.2) is 9.79 Å². The van der Waals surface area contributed by atoms with Crippen LogP contribution in [0.2, 0.25) is 10.0 Å². The fourth-order valence-electron chi connectivity index (χ4n) is 1.84. The first-order chi connectivity index (χ1) is 9.52. The molecule has 0 aliphatic carbocycles. The van der Waals surface area contributed by atoms with Gasteiger partial charge in [-0.1, -0.05) is 41.4 Å². The number of nitrogens with zero attached hydrogens (tertiary/aromatic N) is 1. The Morgan fingerprint density at radius 3 is 2.45 bits per heavy atom. The minimum atomic E-state index is -0.504. The van der Waals surface area contributed by atoms with E-state index in [1.807, 2.05) is 25.1 Å². The van der Waals surface area contributed by atoms with E-state index in [0.717, 1.165) is 16.7 Å². The van der Waals surface area contributed by atoms with Crippen molar-refractivity contribution < 1.29 is 4.79 Å². The Morgan fingerprint density at radius 2 is 1.85 bits per heavy atom. The molecule has 3 nitrogen and oxygen atoms in total. The fraction of sp³-hybridized carbons (Fsp3) is 0.0667. The number of carbonyl (C=O) groups is 1. The van der Waals surface area contributed by atoms with Gasteiger partial charge in [0.2, 0.25) is 0 Å². The highest BCUT2D eigenvalue weighted by Crippen LogP contribution is 2.36. The van der Waals surface area contributed by atoms with Crippen molar-refractivity contribution in [2.24, 2.45) is 4.99 Å². The van der Waals surface area contributed by atoms with E-state index < -0.39 is 6.03 Å². The lowest BCUT2D eigenvalue weighted by molar-refractivity contribution is 0.260. The minimum Gasteiger partial charge on any atom is -0.306 e. The molecule has 0 radical (unpaired) electrons. The minimum absolute atomic E-state index is 0.504. The molecular weight excluding hydrogens is 295 g/mol. The van der Waals surface area contributed by atoms with Crippen LogP contribution in [0.15, 0.2) is 41.4 Å². The number of nitrogens with one attached hydrogen (secondary N) is 1. The molecule has 0 saturated carbocycles. The van der Waals surface area contributed by atoms with Crippen molar-refractivity contribution >= 4 is 41.6 Å². The van der Waals surface area contributed by atoms with Crippen molar-refractivity contribution in [3.8, 4) is 11.1 Å². The zero-order valence-corrected chi connectivity index (χ0v) is 12.3. The topological polar surface area (TPSA) is 41.5 Å². The standard InChI is InChI=1S/C15H12Cl2N2O/c1-9-6-7-10(8-13(9)19-15(20)18-2)14-11(16)4-3-5-12(14)17/h3-8H,2H2,1H3,(H,19,20). The van der Waals surface area contributed by atoms with Gasteiger partial charge in [0.05, 0.1) is 0 Å². The van der Waals surface area contributed by atoms with Gasteiger partial charge in [-0.2, -0.15) is 0 Å². The van der Waals surface area contributed by atoms with Crippen LogP contribution in [0.5, 0.6) is 0 Å². The molecule has 20 heavy (non-hydrogen) atoms. The summed E-state index contributed by atoms with van der Waals surface area (Å²) in [7, 11) is 0. The SMILES string of the molecule is C=NC(=O)Nc1cc(-c2c(Cl)cccc2Cl)ccc1C. The van der Waals surface area contributed by atoms with Crippen molar-refractivity contribution in [3.63, 3.8) is 0 Å². The van der Waals surface area contributed by atoms with Crippen LogP contribution in [-0.2, 0) is 0 Å². The van der Waals surface area contributed by atoms with Crippen molar-refractivity contribution in [1.29, 1.82) is 0 Å². The summed E-state index contributed by atoms with van der Waals surface area (Å²) in [5.74, 6) is 0. The lowest BCUT2D eigenvalue weighted by Crippen LogP contribution is -2.06. The molecule has 2 aromatic carbocycles. The highest BCUT2D eigenvalue weighted by molar-refractivity contribution is 6.39. The van der Waals surface area contributed by atoms with Gasteiger partial charge in [0.15, 0.2) is 0 Å². The maximum atomic E-state index is 11.3. The molecule has 0 aromatic heterocycles. The van der Waals surface area contributed by atoms with Gasteiger partial charge in [-0.15, -0.1) is 0 Å². The molecular formula is C15H12Cl2N2O. The number of anilines is 1. The second-order valence-electron chi connectivity index (χ2n) is 4.21. The normalized spacial score (nSPS) is 10.2. The van der Waals surface area contributed by atoms with Gasteiger partial charge >= 0.3 is 6.03 Å². The van der Waals surface area contributed by atoms with Crippen LogP contribution in [0.1, 0.15) is 5.56 Å². The van der Waals surface area contributed by atoms with E-state index in [1.54, 1.807) is 18.2 Å². The Kier molecular flexibility index (Phi) is 4.42. The second-order valence-corrected chi connectivity index (χ2v) is 5.03. The molecule has 102 valence electrons. The third kappa shape index (κ3) is 3.00. The Hall–Kier alpha value is -1.84. The van der Waals surface area contributed by atoms with E-state index in [9.17, 15) is 4.79 Å². The number of hydrogen-bond acceptors (Lipinski definition) is 1. The Bertz CT molecular complexity index is 663. The van der Waals surface area contributed by atoms with Crippen molar-refractivity contribution in [1.82, 2.24) is 0 Å². The number of aliphatic imine (C=N–C) groups is 1. The first-order valence-corrected chi connectivity index (χ1v) is 6.61. The third-order valence-electron chi connectivity index (χ3n) is 2.87. The lowest BCUT2D eigenvalue weighted by atomic mass is 10.0. The number of carbonyl (C=O) groups excluding carboxylic acids is 1. The predicted molar refractivity (Wildman–Crippen MR) is 85.2 cm³/mol. The molecule has 2 rings (SSSR count). The molecule has 0 heterocycles. The average molecular weight is 307 g/mol. The monoisotopic (exact) mass is 306 g/mol. The molecule has 0 fully saturated rings. The van der Waals surface area contributed by atoms with Crippen LogP contribution in [0, 0.1) is 6.92 Å². The summed E-state index contributed by atoms with van der Waals surface area (Å²) in [5, 5.41) is 3.77. The van der Waals surface area contributed by atoms with E-state index in [4.69, 9.17) is 23.2 Å². The lowest BCUT2D eigenvalue weighted by Gasteiger charge is -2.11. The summed E-state index contributed by atoms with van der Waals surface area (Å²) >= 11 is 12.4. The van der Waals surface area contributed by atoms with Crippen LogP contribution in [-0.4, -0.2) is 12.7 Å². The Balaban J connectivity index is 2.51. The second kappa shape index (κ2) is 6.07. The van der Waals surface area contributed by atoms with Gasteiger partial charge < -0.3 is 5.32 Å². The number of urea groups is 1. The van der Waals surface area contributed by atoms with Crippen LogP contribution in [0.3, 0.4) is 0 Å². The molecule has 2 amide bonds. The van der Waals surface area contributed by atoms with Gasteiger partial charge in [0.1, 0.15) is 0 Å². The van der Waals surface area contributed by atoms with Crippen LogP contribution in [0.25, 0.3) is 11.1 Å². The Labute approximate surface area is 127 Å². The number of benzene rings is 2. The molecule has 0 spiro atoms. The number of rotatable bonds is 2. The van der Waals surface area contributed by atoms with Gasteiger partial charge in [0.25, 0.3) is 0 Å². The molecule has 0 aliphatic heterocycles. The molecule has 1 N–H and O–H groups in total. The smallest absolute Gasteiger partial charge is 0.306 e. The zero-order valence-electron chi connectivity index (χ0n) is 10.8. The first-order valence-electron chi connectivity index (χ1n) is 5.85. The van der Waals surface area contributed by atoms with E-state index >= 15 is 0 Å². The van der Waals surface area contributed by atoms with E-state index in [2.05, 4.69) is 17.0 Å². The van der Waals surface area contributed by atoms with Crippen molar-refractivity contribution in [2.75, 3.05) is 5.32 Å². The quantitative estimate of drug-likeness (QED) is 0.761. The van der Waals surface area contributed by atoms with Gasteiger partial charge in [-0.05, 0) is 43.0 Å². The van der Waals surface area contributed by atoms with Crippen molar-refractivity contribution in [2.45, 2.75) is 6.92 Å². The Morgan fingerprint density at radius 1 is 1.20 bits per heavy atom. The fourth-order valence-corrected chi connectivity index (χ4v) is 2.46. The van der Waals surface area contributed by atoms with Gasteiger partial charge in [-0.3, -0.25) is 0 Å². The summed E-state index contributed by atoms with van der Waals surface area (Å²) in [6.45, 7) is 5.08. The maximum Gasteiger partial charge on any atom is 0.344 e. The number of hydrogen-bond donors (Lipinski definition) is 1. The summed E-state index contributed by atoms with van der Waals surface area (Å²) < 4.78 is 0. The predicted octanol–water partition coefficient (Wildman–Crippen LogP) is 5.20. The molecule has 5 heteroatoms. The van der Waals surface area contributed by atoms with Gasteiger partial charge in [0, 0.05) is 21.3 Å². The van der Waals surface area contributed by atoms with E-state index in [-0.39, 0.29) is 0 Å². The van der Waals surface area contributed by atoms with Crippen LogP contribution >= 0.6 is 23.2 Å². The number of amides is 2. The summed E-state index contributed by atoms with van der Waals surface area (Å²) in [5.41, 5.74) is 3.12. The third-order valence-corrected chi connectivity index (χ3v) is 3.50. The molecule has 0 aliphatic rings.